The summed E-state index contributed by atoms with van der Waals surface area (Å²) in [7, 11) is 4.90. The molecule has 0 spiro atoms. The monoisotopic (exact) mass is 534 g/mol. The lowest BCUT2D eigenvalue weighted by Crippen LogP contribution is -2.49. The van der Waals surface area contributed by atoms with Gasteiger partial charge in [-0.25, -0.2) is 4.98 Å². The van der Waals surface area contributed by atoms with Crippen molar-refractivity contribution in [2.75, 3.05) is 52.4 Å². The number of rotatable bonds is 8. The number of amides is 1. The fourth-order valence-corrected chi connectivity index (χ4v) is 5.13. The number of pyridine rings is 1. The van der Waals surface area contributed by atoms with Crippen molar-refractivity contribution >= 4 is 28.8 Å². The van der Waals surface area contributed by atoms with Crippen LogP contribution in [0.3, 0.4) is 0 Å². The Balaban J connectivity index is 1.40. The molecule has 4 aromatic rings. The lowest BCUT2D eigenvalue weighted by Gasteiger charge is -2.36. The van der Waals surface area contributed by atoms with Gasteiger partial charge >= 0.3 is 0 Å². The molecule has 1 aliphatic rings. The van der Waals surface area contributed by atoms with Gasteiger partial charge in [-0.3, -0.25) is 4.79 Å². The summed E-state index contributed by atoms with van der Waals surface area (Å²) in [6, 6.07) is 17.4. The number of fused-ring (bicyclic) bond motifs is 1. The number of nitrogens with zero attached hydrogens (tertiary/aromatic N) is 4. The molecule has 0 N–H and O–H groups in total. The molecule has 3 heterocycles. The van der Waals surface area contributed by atoms with Crippen LogP contribution in [0, 0.1) is 0 Å². The molecule has 1 amide bonds. The second kappa shape index (κ2) is 11.2. The molecular formula is C29H31ClN4O4. The van der Waals surface area contributed by atoms with Gasteiger partial charge in [-0.2, -0.15) is 0 Å². The van der Waals surface area contributed by atoms with Crippen LogP contribution in [0.2, 0.25) is 5.02 Å². The minimum Gasteiger partial charge on any atom is -0.497 e. The highest BCUT2D eigenvalue weighted by molar-refractivity contribution is 6.30. The van der Waals surface area contributed by atoms with Gasteiger partial charge in [-0.15, -0.1) is 0 Å². The number of hydrogen-bond donors (Lipinski definition) is 0. The highest BCUT2D eigenvalue weighted by Crippen LogP contribution is 2.35. The van der Waals surface area contributed by atoms with Crippen LogP contribution in [0.5, 0.6) is 17.2 Å². The van der Waals surface area contributed by atoms with E-state index in [0.29, 0.717) is 29.6 Å². The molecule has 5 rings (SSSR count). The molecule has 2 aromatic heterocycles. The molecule has 1 fully saturated rings. The second-order valence-corrected chi connectivity index (χ2v) is 9.66. The van der Waals surface area contributed by atoms with E-state index < -0.39 is 0 Å². The van der Waals surface area contributed by atoms with Gasteiger partial charge in [0.05, 0.1) is 32.0 Å². The van der Waals surface area contributed by atoms with Gasteiger partial charge < -0.3 is 28.4 Å². The predicted molar refractivity (Wildman–Crippen MR) is 148 cm³/mol. The van der Waals surface area contributed by atoms with Crippen molar-refractivity contribution in [3.05, 3.63) is 83.3 Å². The third-order valence-corrected chi connectivity index (χ3v) is 7.30. The minimum absolute atomic E-state index is 0.0862. The zero-order valence-electron chi connectivity index (χ0n) is 21.8. The molecule has 0 saturated carbocycles. The van der Waals surface area contributed by atoms with E-state index in [1.165, 1.54) is 0 Å². The molecule has 0 aliphatic carbocycles. The van der Waals surface area contributed by atoms with Crippen LogP contribution in [0.1, 0.15) is 23.6 Å². The van der Waals surface area contributed by atoms with E-state index in [4.69, 9.17) is 25.8 Å². The number of carbonyl (C=O) groups is 1. The molecule has 0 radical (unpaired) electrons. The average molecular weight is 535 g/mol. The third kappa shape index (κ3) is 5.36. The van der Waals surface area contributed by atoms with Crippen molar-refractivity contribution in [2.45, 2.75) is 12.3 Å². The fraction of sp³-hybridized carbons (Fsp3) is 0.310. The summed E-state index contributed by atoms with van der Waals surface area (Å²) in [5.41, 5.74) is 3.68. The number of carbonyl (C=O) groups excluding carboxylic acids is 1. The number of aromatic nitrogens is 2. The van der Waals surface area contributed by atoms with Crippen LogP contribution in [-0.2, 0) is 4.79 Å². The van der Waals surface area contributed by atoms with Crippen LogP contribution < -0.4 is 19.1 Å². The number of ether oxygens (including phenoxy) is 3. The SMILES string of the molecule is COc1ccc(N2CCN(C(=O)C[C@@H](c3cc(OC)cc(OC)c3)c3cnc4ccc(Cl)cn34)CC2)cc1. The maximum absolute atomic E-state index is 13.7. The number of halogens is 1. The molecule has 38 heavy (non-hydrogen) atoms. The maximum atomic E-state index is 13.7. The largest absolute Gasteiger partial charge is 0.497 e. The van der Waals surface area contributed by atoms with Gasteiger partial charge in [0, 0.05) is 62.7 Å². The lowest BCUT2D eigenvalue weighted by atomic mass is 9.91. The molecule has 2 aromatic carbocycles. The molecule has 8 nitrogen and oxygen atoms in total. The molecular weight excluding hydrogens is 504 g/mol. The van der Waals surface area contributed by atoms with Crippen LogP contribution in [-0.4, -0.2) is 67.7 Å². The Hall–Kier alpha value is -3.91. The number of hydrogen-bond acceptors (Lipinski definition) is 6. The molecule has 9 heteroatoms. The molecule has 0 unspecified atom stereocenters. The van der Waals surface area contributed by atoms with Crippen LogP contribution in [0.15, 0.2) is 67.0 Å². The minimum atomic E-state index is -0.278. The summed E-state index contributed by atoms with van der Waals surface area (Å²) in [5, 5.41) is 0.597. The topological polar surface area (TPSA) is 68.5 Å². The Morgan fingerprint density at radius 1 is 0.895 bits per heavy atom. The Bertz CT molecular complexity index is 1390. The van der Waals surface area contributed by atoms with Crippen molar-refractivity contribution in [2.24, 2.45) is 0 Å². The fourth-order valence-electron chi connectivity index (χ4n) is 4.97. The van der Waals surface area contributed by atoms with Crippen molar-refractivity contribution in [1.29, 1.82) is 0 Å². The van der Waals surface area contributed by atoms with Gasteiger partial charge in [0.2, 0.25) is 5.91 Å². The summed E-state index contributed by atoms with van der Waals surface area (Å²) in [6.07, 6.45) is 3.93. The first kappa shape index (κ1) is 25.7. The van der Waals surface area contributed by atoms with Crippen molar-refractivity contribution in [3.8, 4) is 17.2 Å². The Kier molecular flexibility index (Phi) is 7.60. The second-order valence-electron chi connectivity index (χ2n) is 9.23. The van der Waals surface area contributed by atoms with E-state index >= 15 is 0 Å². The number of imidazole rings is 1. The summed E-state index contributed by atoms with van der Waals surface area (Å²) in [6.45, 7) is 2.83. The van der Waals surface area contributed by atoms with Crippen molar-refractivity contribution in [1.82, 2.24) is 14.3 Å². The smallest absolute Gasteiger partial charge is 0.223 e. The Morgan fingerprint density at radius 2 is 1.55 bits per heavy atom. The summed E-state index contributed by atoms with van der Waals surface area (Å²) < 4.78 is 18.3. The van der Waals surface area contributed by atoms with Crippen molar-refractivity contribution < 1.29 is 19.0 Å². The lowest BCUT2D eigenvalue weighted by molar-refractivity contribution is -0.131. The summed E-state index contributed by atoms with van der Waals surface area (Å²) in [5.74, 6) is 1.97. The third-order valence-electron chi connectivity index (χ3n) is 7.08. The quantitative estimate of drug-likeness (QED) is 0.321. The van der Waals surface area contributed by atoms with Gasteiger partial charge in [-0.05, 0) is 54.1 Å². The highest BCUT2D eigenvalue weighted by Gasteiger charge is 2.28. The average Bonchev–Trinajstić information content (AvgIpc) is 3.38. The zero-order chi connectivity index (χ0) is 26.6. The number of anilines is 1. The van der Waals surface area contributed by atoms with Crippen LogP contribution >= 0.6 is 11.6 Å². The predicted octanol–water partition coefficient (Wildman–Crippen LogP) is 4.88. The number of methoxy groups -OCH3 is 3. The maximum Gasteiger partial charge on any atom is 0.223 e. The first-order chi connectivity index (χ1) is 18.5. The van der Waals surface area contributed by atoms with Crippen LogP contribution in [0.4, 0.5) is 5.69 Å². The zero-order valence-corrected chi connectivity index (χ0v) is 22.5. The summed E-state index contributed by atoms with van der Waals surface area (Å²) in [4.78, 5) is 22.5. The standard InChI is InChI=1S/C29H31ClN4O4/c1-36-23-7-5-22(6-8-23)32-10-12-33(13-11-32)29(35)17-26(20-14-24(37-2)16-25(15-20)38-3)27-18-31-28-9-4-21(30)19-34(27)28/h4-9,14-16,18-19,26H,10-13,17H2,1-3H3/t26-/m0/s1. The molecule has 1 saturated heterocycles. The molecule has 1 aliphatic heterocycles. The van der Waals surface area contributed by atoms with E-state index in [9.17, 15) is 4.79 Å². The first-order valence-corrected chi connectivity index (χ1v) is 12.9. The number of benzene rings is 2. The Labute approximate surface area is 227 Å². The van der Waals surface area contributed by atoms with Gasteiger partial charge in [-0.1, -0.05) is 11.6 Å². The highest BCUT2D eigenvalue weighted by atomic mass is 35.5. The van der Waals surface area contributed by atoms with Crippen molar-refractivity contribution in [3.63, 3.8) is 0 Å². The van der Waals surface area contributed by atoms with E-state index in [1.54, 1.807) is 21.3 Å². The molecule has 0 bridgehead atoms. The molecule has 1 atom stereocenters. The summed E-state index contributed by atoms with van der Waals surface area (Å²) >= 11 is 6.33. The van der Waals surface area contributed by atoms with Crippen LogP contribution in [0.25, 0.3) is 5.65 Å². The normalized spacial score (nSPS) is 14.4. The Morgan fingerprint density at radius 3 is 2.18 bits per heavy atom. The number of piperazine rings is 1. The molecule has 198 valence electrons. The van der Waals surface area contributed by atoms with E-state index in [2.05, 4.69) is 22.0 Å². The van der Waals surface area contributed by atoms with Gasteiger partial charge in [0.25, 0.3) is 0 Å². The first-order valence-electron chi connectivity index (χ1n) is 12.5. The van der Waals surface area contributed by atoms with Gasteiger partial charge in [0.1, 0.15) is 22.9 Å². The van der Waals surface area contributed by atoms with E-state index in [1.807, 2.05) is 64.2 Å². The van der Waals surface area contributed by atoms with Gasteiger partial charge in [0.15, 0.2) is 0 Å². The van der Waals surface area contributed by atoms with E-state index in [-0.39, 0.29) is 18.2 Å². The van der Waals surface area contributed by atoms with E-state index in [0.717, 1.165) is 41.4 Å².